The first-order chi connectivity index (χ1) is 13.5. The van der Waals surface area contributed by atoms with E-state index in [4.69, 9.17) is 16.0 Å². The minimum Gasteiger partial charge on any atom is -0.461 e. The van der Waals surface area contributed by atoms with Gasteiger partial charge in [0, 0.05) is 10.8 Å². The number of halogens is 3. The second-order valence-corrected chi connectivity index (χ2v) is 7.47. The van der Waals surface area contributed by atoms with Gasteiger partial charge in [0.1, 0.15) is 0 Å². The van der Waals surface area contributed by atoms with Crippen molar-refractivity contribution in [1.29, 1.82) is 0 Å². The molecule has 0 unspecified atom stereocenters. The lowest BCUT2D eigenvalue weighted by Crippen LogP contribution is -2.02. The van der Waals surface area contributed by atoms with Crippen LogP contribution in [0.15, 0.2) is 64.4 Å². The van der Waals surface area contributed by atoms with E-state index < -0.39 is 11.6 Å². The highest BCUT2D eigenvalue weighted by atomic mass is 35.5. The van der Waals surface area contributed by atoms with Crippen molar-refractivity contribution in [3.05, 3.63) is 82.6 Å². The lowest BCUT2D eigenvalue weighted by Gasteiger charge is -2.12. The topological polar surface area (TPSA) is 43.9 Å². The van der Waals surface area contributed by atoms with Gasteiger partial charge in [-0.05, 0) is 54.4 Å². The van der Waals surface area contributed by atoms with Crippen LogP contribution in [-0.4, -0.2) is 14.8 Å². The van der Waals surface area contributed by atoms with Crippen LogP contribution in [0.4, 0.5) is 8.78 Å². The van der Waals surface area contributed by atoms with E-state index >= 15 is 0 Å². The van der Waals surface area contributed by atoms with Gasteiger partial charge in [-0.15, -0.1) is 10.2 Å². The van der Waals surface area contributed by atoms with Crippen LogP contribution in [0.1, 0.15) is 11.1 Å². The lowest BCUT2D eigenvalue weighted by molar-refractivity contribution is 0.507. The summed E-state index contributed by atoms with van der Waals surface area (Å²) < 4.78 is 34.0. The SMILES string of the molecule is Cc1ccc(Cl)cc1-n1c(SCc2ccc(F)c(F)c2)nnc1-c1ccco1. The molecule has 2 aromatic heterocycles. The van der Waals surface area contributed by atoms with Gasteiger partial charge >= 0.3 is 0 Å². The van der Waals surface area contributed by atoms with Crippen LogP contribution < -0.4 is 0 Å². The average molecular weight is 418 g/mol. The fourth-order valence-electron chi connectivity index (χ4n) is 2.75. The molecule has 28 heavy (non-hydrogen) atoms. The maximum Gasteiger partial charge on any atom is 0.205 e. The van der Waals surface area contributed by atoms with Crippen LogP contribution >= 0.6 is 23.4 Å². The molecule has 0 aliphatic heterocycles. The third kappa shape index (κ3) is 3.68. The van der Waals surface area contributed by atoms with Crippen LogP contribution in [0.3, 0.4) is 0 Å². The number of aryl methyl sites for hydroxylation is 1. The molecular formula is C20H14ClF2N3OS. The summed E-state index contributed by atoms with van der Waals surface area (Å²) in [4.78, 5) is 0. The molecule has 0 saturated heterocycles. The van der Waals surface area contributed by atoms with Gasteiger partial charge in [-0.1, -0.05) is 35.5 Å². The summed E-state index contributed by atoms with van der Waals surface area (Å²) in [5.41, 5.74) is 2.43. The quantitative estimate of drug-likeness (QED) is 0.370. The van der Waals surface area contributed by atoms with E-state index in [1.54, 1.807) is 24.5 Å². The molecule has 0 fully saturated rings. The standard InChI is InChI=1S/C20H14ClF2N3OS/c1-12-4-6-14(21)10-17(12)26-19(18-3-2-8-27-18)24-25-20(26)28-11-13-5-7-15(22)16(23)9-13/h2-10H,11H2,1H3. The number of thioether (sulfide) groups is 1. The van der Waals surface area contributed by atoms with Crippen molar-refractivity contribution >= 4 is 23.4 Å². The predicted molar refractivity (Wildman–Crippen MR) is 105 cm³/mol. The molecule has 0 amide bonds. The van der Waals surface area contributed by atoms with Crippen LogP contribution in [0.5, 0.6) is 0 Å². The van der Waals surface area contributed by atoms with Gasteiger partial charge in [0.25, 0.3) is 0 Å². The highest BCUT2D eigenvalue weighted by molar-refractivity contribution is 7.98. The van der Waals surface area contributed by atoms with Gasteiger partial charge in [-0.25, -0.2) is 8.78 Å². The third-order valence-corrected chi connectivity index (χ3v) is 5.37. The van der Waals surface area contributed by atoms with Crippen molar-refractivity contribution in [3.8, 4) is 17.3 Å². The fourth-order valence-corrected chi connectivity index (χ4v) is 3.80. The molecule has 8 heteroatoms. The van der Waals surface area contributed by atoms with Gasteiger partial charge in [0.2, 0.25) is 5.82 Å². The van der Waals surface area contributed by atoms with E-state index in [1.165, 1.54) is 17.8 Å². The summed E-state index contributed by atoms with van der Waals surface area (Å²) in [6, 6.07) is 13.0. The molecule has 0 radical (unpaired) electrons. The Morgan fingerprint density at radius 1 is 1.07 bits per heavy atom. The monoisotopic (exact) mass is 417 g/mol. The largest absolute Gasteiger partial charge is 0.461 e. The Hall–Kier alpha value is -2.64. The second kappa shape index (κ2) is 7.77. The first-order valence-electron chi connectivity index (χ1n) is 8.35. The first kappa shape index (κ1) is 18.7. The molecular weight excluding hydrogens is 404 g/mol. The molecule has 2 aromatic carbocycles. The van der Waals surface area contributed by atoms with E-state index in [2.05, 4.69) is 10.2 Å². The number of hydrogen-bond acceptors (Lipinski definition) is 4. The molecule has 4 aromatic rings. The number of benzene rings is 2. The van der Waals surface area contributed by atoms with Crippen molar-refractivity contribution in [1.82, 2.24) is 14.8 Å². The molecule has 4 rings (SSSR count). The number of rotatable bonds is 5. The minimum absolute atomic E-state index is 0.396. The predicted octanol–water partition coefficient (Wildman–Crippen LogP) is 6.06. The van der Waals surface area contributed by atoms with Crippen molar-refractivity contribution in [2.75, 3.05) is 0 Å². The molecule has 142 valence electrons. The van der Waals surface area contributed by atoms with E-state index in [1.807, 2.05) is 29.7 Å². The van der Waals surface area contributed by atoms with Gasteiger partial charge < -0.3 is 4.42 Å². The van der Waals surface area contributed by atoms with Crippen LogP contribution in [0.25, 0.3) is 17.3 Å². The van der Waals surface area contributed by atoms with Crippen molar-refractivity contribution < 1.29 is 13.2 Å². The van der Waals surface area contributed by atoms with Gasteiger partial charge in [-0.3, -0.25) is 4.57 Å². The maximum atomic E-state index is 13.5. The van der Waals surface area contributed by atoms with Crippen molar-refractivity contribution in [3.63, 3.8) is 0 Å². The Balaban J connectivity index is 1.75. The molecule has 0 aliphatic carbocycles. The first-order valence-corrected chi connectivity index (χ1v) is 9.72. The molecule has 0 spiro atoms. The molecule has 0 N–H and O–H groups in total. The van der Waals surface area contributed by atoms with Crippen molar-refractivity contribution in [2.24, 2.45) is 0 Å². The van der Waals surface area contributed by atoms with Crippen molar-refractivity contribution in [2.45, 2.75) is 17.8 Å². The second-order valence-electron chi connectivity index (χ2n) is 6.09. The molecule has 4 nitrogen and oxygen atoms in total. The Kier molecular flexibility index (Phi) is 5.19. The highest BCUT2D eigenvalue weighted by Crippen LogP contribution is 2.32. The normalized spacial score (nSPS) is 11.1. The van der Waals surface area contributed by atoms with Crippen LogP contribution in [-0.2, 0) is 5.75 Å². The molecule has 0 bridgehead atoms. The zero-order valence-corrected chi connectivity index (χ0v) is 16.3. The van der Waals surface area contributed by atoms with E-state index in [0.717, 1.165) is 17.3 Å². The zero-order chi connectivity index (χ0) is 19.7. The number of aromatic nitrogens is 3. The van der Waals surface area contributed by atoms with Gasteiger partial charge in [-0.2, -0.15) is 0 Å². The minimum atomic E-state index is -0.874. The summed E-state index contributed by atoms with van der Waals surface area (Å²) >= 11 is 7.56. The van der Waals surface area contributed by atoms with Crippen LogP contribution in [0, 0.1) is 18.6 Å². The van der Waals surface area contributed by atoms with Gasteiger partial charge in [0.05, 0.1) is 12.0 Å². The van der Waals surface area contributed by atoms with Crippen LogP contribution in [0.2, 0.25) is 5.02 Å². The third-order valence-electron chi connectivity index (χ3n) is 4.14. The van der Waals surface area contributed by atoms with E-state index in [0.29, 0.717) is 33.1 Å². The average Bonchev–Trinajstić information content (AvgIpc) is 3.34. The smallest absolute Gasteiger partial charge is 0.205 e. The maximum absolute atomic E-state index is 13.5. The Labute approximate surface area is 169 Å². The summed E-state index contributed by atoms with van der Waals surface area (Å²) in [6.45, 7) is 1.96. The number of nitrogens with zero attached hydrogens (tertiary/aromatic N) is 3. The lowest BCUT2D eigenvalue weighted by atomic mass is 10.2. The Morgan fingerprint density at radius 2 is 1.93 bits per heavy atom. The summed E-state index contributed by atoms with van der Waals surface area (Å²) in [5, 5.41) is 9.71. The fraction of sp³-hybridized carbons (Fsp3) is 0.100. The molecule has 0 saturated carbocycles. The number of furan rings is 1. The molecule has 2 heterocycles. The highest BCUT2D eigenvalue weighted by Gasteiger charge is 2.19. The molecule has 0 aliphatic rings. The van der Waals surface area contributed by atoms with E-state index in [9.17, 15) is 8.78 Å². The Morgan fingerprint density at radius 3 is 2.68 bits per heavy atom. The van der Waals surface area contributed by atoms with E-state index in [-0.39, 0.29) is 0 Å². The van der Waals surface area contributed by atoms with Gasteiger partial charge in [0.15, 0.2) is 22.6 Å². The summed E-state index contributed by atoms with van der Waals surface area (Å²) in [7, 11) is 0. The number of hydrogen-bond donors (Lipinski definition) is 0. The molecule has 0 atom stereocenters. The summed E-state index contributed by atoms with van der Waals surface area (Å²) in [6.07, 6.45) is 1.56. The zero-order valence-electron chi connectivity index (χ0n) is 14.7. The Bertz CT molecular complexity index is 1130. The summed E-state index contributed by atoms with van der Waals surface area (Å²) in [5.74, 6) is -0.254.